The average Bonchev–Trinajstić information content (AvgIpc) is 3.15. The summed E-state index contributed by atoms with van der Waals surface area (Å²) in [6.45, 7) is 1.49. The molecule has 0 saturated heterocycles. The van der Waals surface area contributed by atoms with E-state index in [1.54, 1.807) is 24.3 Å². The van der Waals surface area contributed by atoms with Gasteiger partial charge >= 0.3 is 0 Å². The second kappa shape index (κ2) is 10.5. The summed E-state index contributed by atoms with van der Waals surface area (Å²) in [5.41, 5.74) is -0.497. The molecule has 0 radical (unpaired) electrons. The minimum absolute atomic E-state index is 0.0149. The molecule has 1 aliphatic rings. The van der Waals surface area contributed by atoms with Crippen LogP contribution in [0.2, 0.25) is 5.02 Å². The van der Waals surface area contributed by atoms with Crippen molar-refractivity contribution >= 4 is 50.9 Å². The number of ether oxygens (including phenoxy) is 2. The van der Waals surface area contributed by atoms with Gasteiger partial charge in [0, 0.05) is 15.1 Å². The van der Waals surface area contributed by atoms with Crippen LogP contribution in [0.5, 0.6) is 11.5 Å². The number of methoxy groups -OCH3 is 1. The molecule has 1 amide bonds. The predicted octanol–water partition coefficient (Wildman–Crippen LogP) is 7.19. The zero-order chi connectivity index (χ0) is 27.0. The highest BCUT2D eigenvalue weighted by Crippen LogP contribution is 2.38. The highest BCUT2D eigenvalue weighted by molar-refractivity contribution is 9.10. The van der Waals surface area contributed by atoms with E-state index in [-0.39, 0.29) is 22.9 Å². The lowest BCUT2D eigenvalue weighted by Crippen LogP contribution is -2.25. The summed E-state index contributed by atoms with van der Waals surface area (Å²) in [5, 5.41) is 4.39. The fourth-order valence-electron chi connectivity index (χ4n) is 3.48. The van der Waals surface area contributed by atoms with Crippen molar-refractivity contribution in [2.45, 2.75) is 13.5 Å². The molecular formula is C25H15BrClF5N2O3. The first-order valence-electron chi connectivity index (χ1n) is 10.4. The average molecular weight is 602 g/mol. The third kappa shape index (κ3) is 4.93. The molecule has 192 valence electrons. The number of hydrogen-bond acceptors (Lipinski definition) is 4. The summed E-state index contributed by atoms with van der Waals surface area (Å²) in [6.07, 6.45) is 1.33. The maximum absolute atomic E-state index is 14.3. The van der Waals surface area contributed by atoms with Gasteiger partial charge in [-0.1, -0.05) is 45.7 Å². The van der Waals surface area contributed by atoms with Crippen LogP contribution in [0.3, 0.4) is 0 Å². The van der Waals surface area contributed by atoms with Crippen molar-refractivity contribution in [1.29, 1.82) is 0 Å². The van der Waals surface area contributed by atoms with E-state index in [1.807, 2.05) is 6.07 Å². The Morgan fingerprint density at radius 2 is 1.62 bits per heavy atom. The molecule has 37 heavy (non-hydrogen) atoms. The Hall–Kier alpha value is -3.44. The fraction of sp³-hybridized carbons (Fsp3) is 0.120. The number of nitrogens with zero attached hydrogens (tertiary/aromatic N) is 2. The van der Waals surface area contributed by atoms with Gasteiger partial charge in [0.2, 0.25) is 5.82 Å². The maximum atomic E-state index is 14.3. The number of carbonyl (C=O) groups excluding carboxylic acids is 1. The lowest BCUT2D eigenvalue weighted by Gasteiger charge is -2.15. The number of halogens is 7. The van der Waals surface area contributed by atoms with Crippen molar-refractivity contribution in [2.24, 2.45) is 5.10 Å². The molecule has 5 nitrogen and oxygen atoms in total. The van der Waals surface area contributed by atoms with Crippen molar-refractivity contribution in [2.75, 3.05) is 12.1 Å². The van der Waals surface area contributed by atoms with Crippen LogP contribution >= 0.6 is 27.5 Å². The lowest BCUT2D eigenvalue weighted by molar-refractivity contribution is -0.114. The van der Waals surface area contributed by atoms with Crippen molar-refractivity contribution in [3.63, 3.8) is 0 Å². The largest absolute Gasteiger partial charge is 0.493 e. The van der Waals surface area contributed by atoms with E-state index in [0.29, 0.717) is 26.6 Å². The highest BCUT2D eigenvalue weighted by Gasteiger charge is 2.37. The van der Waals surface area contributed by atoms with Crippen LogP contribution in [-0.4, -0.2) is 18.7 Å². The molecule has 3 aromatic carbocycles. The van der Waals surface area contributed by atoms with Gasteiger partial charge in [0.15, 0.2) is 34.8 Å². The molecular weight excluding hydrogens is 587 g/mol. The first-order valence-corrected chi connectivity index (χ1v) is 11.6. The molecule has 12 heteroatoms. The maximum Gasteiger partial charge on any atom is 0.280 e. The number of benzene rings is 3. The summed E-state index contributed by atoms with van der Waals surface area (Å²) < 4.78 is 81.1. The number of rotatable bonds is 6. The Morgan fingerprint density at radius 1 is 1.00 bits per heavy atom. The van der Waals surface area contributed by atoms with Crippen LogP contribution in [0.15, 0.2) is 51.5 Å². The zero-order valence-corrected chi connectivity index (χ0v) is 21.4. The van der Waals surface area contributed by atoms with Gasteiger partial charge in [0.05, 0.1) is 18.4 Å². The van der Waals surface area contributed by atoms with Crippen LogP contribution < -0.4 is 14.5 Å². The van der Waals surface area contributed by atoms with Crippen LogP contribution in [0.4, 0.5) is 27.6 Å². The number of carbonyl (C=O) groups is 1. The quantitative estimate of drug-likeness (QED) is 0.130. The van der Waals surface area contributed by atoms with Gasteiger partial charge in [-0.05, 0) is 36.8 Å². The third-order valence-electron chi connectivity index (χ3n) is 5.38. The molecule has 3 aromatic rings. The molecule has 0 bridgehead atoms. The van der Waals surface area contributed by atoms with Crippen LogP contribution in [0.1, 0.15) is 18.1 Å². The van der Waals surface area contributed by atoms with E-state index in [2.05, 4.69) is 21.0 Å². The zero-order valence-electron chi connectivity index (χ0n) is 19.0. The Labute approximate surface area is 220 Å². The molecule has 0 aliphatic carbocycles. The minimum Gasteiger partial charge on any atom is -0.493 e. The van der Waals surface area contributed by atoms with Gasteiger partial charge in [-0.15, -0.1) is 0 Å². The topological polar surface area (TPSA) is 51.1 Å². The molecule has 1 heterocycles. The standard InChI is InChI=1S/C25H15BrClF5N2O3/c1-11-14(25(35)34(33-11)24-22(31)20(29)19(28)21(30)23(24)32)7-13-8-17(36-2)18(9-15(13)26)37-10-12-5-3-4-6-16(12)27/h3-9H,10H2,1-2H3/b14-7+. The van der Waals surface area contributed by atoms with E-state index in [0.717, 1.165) is 5.56 Å². The molecule has 0 aromatic heterocycles. The van der Waals surface area contributed by atoms with E-state index in [9.17, 15) is 26.7 Å². The first-order chi connectivity index (χ1) is 17.5. The summed E-state index contributed by atoms with van der Waals surface area (Å²) in [4.78, 5) is 12.9. The third-order valence-corrected chi connectivity index (χ3v) is 6.44. The van der Waals surface area contributed by atoms with E-state index < -0.39 is 40.7 Å². The normalized spacial score (nSPS) is 14.4. The van der Waals surface area contributed by atoms with Crippen LogP contribution in [0, 0.1) is 29.1 Å². The Morgan fingerprint density at radius 3 is 2.24 bits per heavy atom. The second-order valence-electron chi connectivity index (χ2n) is 7.68. The molecule has 0 fully saturated rings. The van der Waals surface area contributed by atoms with Crippen molar-refractivity contribution < 1.29 is 36.2 Å². The van der Waals surface area contributed by atoms with E-state index >= 15 is 0 Å². The van der Waals surface area contributed by atoms with Gasteiger partial charge in [0.1, 0.15) is 12.3 Å². The van der Waals surface area contributed by atoms with E-state index in [1.165, 1.54) is 26.2 Å². The summed E-state index contributed by atoms with van der Waals surface area (Å²) in [7, 11) is 1.40. The summed E-state index contributed by atoms with van der Waals surface area (Å²) >= 11 is 9.54. The van der Waals surface area contributed by atoms with Gasteiger partial charge < -0.3 is 9.47 Å². The molecule has 0 N–H and O–H groups in total. The fourth-order valence-corrected chi connectivity index (χ4v) is 4.10. The molecule has 0 saturated carbocycles. The monoisotopic (exact) mass is 600 g/mol. The Bertz CT molecular complexity index is 1470. The lowest BCUT2D eigenvalue weighted by atomic mass is 10.1. The predicted molar refractivity (Wildman–Crippen MR) is 131 cm³/mol. The SMILES string of the molecule is COc1cc(/C=C2/C(=O)N(c3c(F)c(F)c(F)c(F)c3F)N=C2C)c(Br)cc1OCc1ccccc1Cl. The Kier molecular flexibility index (Phi) is 7.56. The molecule has 4 rings (SSSR count). The second-order valence-corrected chi connectivity index (χ2v) is 8.95. The molecule has 0 unspecified atom stereocenters. The summed E-state index contributed by atoms with van der Waals surface area (Å²) in [6, 6.07) is 10.2. The van der Waals surface area contributed by atoms with Crippen molar-refractivity contribution in [3.8, 4) is 11.5 Å². The Balaban J connectivity index is 1.67. The van der Waals surface area contributed by atoms with E-state index in [4.69, 9.17) is 21.1 Å². The highest BCUT2D eigenvalue weighted by atomic mass is 79.9. The number of anilines is 1. The van der Waals surface area contributed by atoms with Crippen molar-refractivity contribution in [1.82, 2.24) is 0 Å². The van der Waals surface area contributed by atoms with Gasteiger partial charge in [0.25, 0.3) is 5.91 Å². The minimum atomic E-state index is -2.34. The van der Waals surface area contributed by atoms with Gasteiger partial charge in [-0.2, -0.15) is 10.1 Å². The van der Waals surface area contributed by atoms with Gasteiger partial charge in [-0.3, -0.25) is 4.79 Å². The summed E-state index contributed by atoms with van der Waals surface area (Å²) in [5.74, 6) is -11.5. The first kappa shape index (κ1) is 26.6. The molecule has 0 atom stereocenters. The molecule has 1 aliphatic heterocycles. The van der Waals surface area contributed by atoms with Crippen LogP contribution in [0.25, 0.3) is 6.08 Å². The number of hydrogen-bond donors (Lipinski definition) is 0. The smallest absolute Gasteiger partial charge is 0.280 e. The molecule has 0 spiro atoms. The van der Waals surface area contributed by atoms with Crippen LogP contribution in [-0.2, 0) is 11.4 Å². The van der Waals surface area contributed by atoms with Gasteiger partial charge in [-0.25, -0.2) is 22.0 Å². The number of hydrazone groups is 1. The number of amides is 1. The van der Waals surface area contributed by atoms with Crippen molar-refractivity contribution in [3.05, 3.63) is 91.7 Å².